The van der Waals surface area contributed by atoms with Crippen molar-refractivity contribution < 1.29 is 31.9 Å². The number of nitrogens with zero attached hydrogens (tertiary/aromatic N) is 2. The van der Waals surface area contributed by atoms with Crippen LogP contribution >= 0.6 is 0 Å². The highest BCUT2D eigenvalue weighted by molar-refractivity contribution is 7.80. The van der Waals surface area contributed by atoms with Crippen LogP contribution in [0.3, 0.4) is 0 Å². The molecule has 2 bridgehead atoms. The van der Waals surface area contributed by atoms with E-state index in [1.54, 1.807) is 0 Å². The lowest BCUT2D eigenvalue weighted by molar-refractivity contribution is -0.116. The molecule has 0 spiro atoms. The molecule has 4 N–H and O–H groups in total. The van der Waals surface area contributed by atoms with E-state index in [0.29, 0.717) is 5.06 Å². The van der Waals surface area contributed by atoms with Crippen LogP contribution in [0.2, 0.25) is 0 Å². The number of carbonyl (C=O) groups excluding carboxylic acids is 2. The van der Waals surface area contributed by atoms with Gasteiger partial charge < -0.3 is 15.7 Å². The van der Waals surface area contributed by atoms with Crippen molar-refractivity contribution in [2.24, 2.45) is 5.73 Å². The summed E-state index contributed by atoms with van der Waals surface area (Å²) < 4.78 is 34.1. The third kappa shape index (κ3) is 2.40. The van der Waals surface area contributed by atoms with Gasteiger partial charge in [-0.15, -0.1) is 4.28 Å². The smallest absolute Gasteiger partial charge is 0.394 e. The summed E-state index contributed by atoms with van der Waals surface area (Å²) in [6.45, 7) is -0.538. The van der Waals surface area contributed by atoms with E-state index in [2.05, 4.69) is 4.28 Å². The first-order valence-electron chi connectivity index (χ1n) is 5.14. The summed E-state index contributed by atoms with van der Waals surface area (Å²) in [6.07, 6.45) is 1.27. The van der Waals surface area contributed by atoms with Crippen LogP contribution in [-0.4, -0.2) is 65.2 Å². The molecule has 2 atom stereocenters. The van der Waals surface area contributed by atoms with Crippen molar-refractivity contribution in [3.8, 4) is 0 Å². The molecular formula is C8H11N3O7S. The first kappa shape index (κ1) is 13.7. The lowest BCUT2D eigenvalue weighted by atomic mass is 10.00. The number of aliphatic hydroxyl groups is 1. The predicted molar refractivity (Wildman–Crippen MR) is 58.5 cm³/mol. The Labute approximate surface area is 107 Å². The number of rotatable bonds is 4. The number of hydrogen-bond acceptors (Lipinski definition) is 6. The molecule has 2 aliphatic heterocycles. The van der Waals surface area contributed by atoms with Gasteiger partial charge in [-0.3, -0.25) is 9.35 Å². The zero-order valence-corrected chi connectivity index (χ0v) is 10.3. The van der Waals surface area contributed by atoms with Crippen molar-refractivity contribution in [2.75, 3.05) is 13.2 Å². The zero-order valence-electron chi connectivity index (χ0n) is 9.46. The van der Waals surface area contributed by atoms with Crippen LogP contribution in [0.5, 0.6) is 0 Å². The lowest BCUT2D eigenvalue weighted by Crippen LogP contribution is -2.42. The minimum atomic E-state index is -4.92. The number of hydroxylamine groups is 2. The molecule has 1 fully saturated rings. The van der Waals surface area contributed by atoms with E-state index in [9.17, 15) is 18.0 Å². The van der Waals surface area contributed by atoms with Gasteiger partial charge in [0.1, 0.15) is 6.04 Å². The van der Waals surface area contributed by atoms with Gasteiger partial charge in [-0.25, -0.2) is 4.79 Å². The van der Waals surface area contributed by atoms with Gasteiger partial charge in [0.2, 0.25) is 5.91 Å². The Morgan fingerprint density at radius 2 is 2.21 bits per heavy atom. The number of carbonyl (C=O) groups is 2. The number of aliphatic hydroxyl groups excluding tert-OH is 1. The Kier molecular flexibility index (Phi) is 3.22. The van der Waals surface area contributed by atoms with Gasteiger partial charge in [0, 0.05) is 5.57 Å². The first-order chi connectivity index (χ1) is 8.74. The fourth-order valence-electron chi connectivity index (χ4n) is 2.09. The van der Waals surface area contributed by atoms with Crippen molar-refractivity contribution >= 4 is 22.3 Å². The molecule has 0 aromatic carbocycles. The Balaban J connectivity index is 2.39. The van der Waals surface area contributed by atoms with Gasteiger partial charge in [0.15, 0.2) is 0 Å². The summed E-state index contributed by atoms with van der Waals surface area (Å²) >= 11 is 0. The average molecular weight is 293 g/mol. The molecule has 3 amide bonds. The fraction of sp³-hybridized carbons (Fsp3) is 0.500. The lowest BCUT2D eigenvalue weighted by Gasteiger charge is -2.26. The van der Waals surface area contributed by atoms with Gasteiger partial charge in [-0.1, -0.05) is 0 Å². The number of hydrogen-bond donors (Lipinski definition) is 3. The quantitative estimate of drug-likeness (QED) is 0.489. The Morgan fingerprint density at radius 1 is 1.58 bits per heavy atom. The molecule has 11 heteroatoms. The molecule has 0 aliphatic carbocycles. The van der Waals surface area contributed by atoms with E-state index in [0.717, 1.165) is 4.90 Å². The van der Waals surface area contributed by atoms with Gasteiger partial charge in [-0.05, 0) is 6.08 Å². The van der Waals surface area contributed by atoms with Crippen molar-refractivity contribution in [3.63, 3.8) is 0 Å². The molecular weight excluding hydrogens is 282 g/mol. The maximum atomic E-state index is 11.9. The highest BCUT2D eigenvalue weighted by Gasteiger charge is 2.49. The number of amides is 3. The Hall–Kier alpha value is -1.69. The highest BCUT2D eigenvalue weighted by atomic mass is 32.3. The molecule has 2 rings (SSSR count). The predicted octanol–water partition coefficient (Wildman–Crippen LogP) is -2.39. The van der Waals surface area contributed by atoms with E-state index >= 15 is 0 Å². The van der Waals surface area contributed by atoms with Crippen LogP contribution in [0.25, 0.3) is 0 Å². The van der Waals surface area contributed by atoms with Crippen molar-refractivity contribution in [1.82, 2.24) is 9.96 Å². The van der Waals surface area contributed by atoms with Gasteiger partial charge in [-0.2, -0.15) is 13.5 Å². The number of nitrogens with two attached hydrogens (primary N) is 1. The molecule has 106 valence electrons. The van der Waals surface area contributed by atoms with Gasteiger partial charge in [0.05, 0.1) is 19.2 Å². The summed E-state index contributed by atoms with van der Waals surface area (Å²) in [7, 11) is -4.92. The second-order valence-electron chi connectivity index (χ2n) is 4.01. The zero-order chi connectivity index (χ0) is 14.4. The summed E-state index contributed by atoms with van der Waals surface area (Å²) in [5.74, 6) is -0.873. The molecule has 0 unspecified atom stereocenters. The fourth-order valence-corrected chi connectivity index (χ4v) is 2.46. The normalized spacial score (nSPS) is 26.6. The van der Waals surface area contributed by atoms with E-state index in [1.165, 1.54) is 6.08 Å². The van der Waals surface area contributed by atoms with Crippen LogP contribution in [0.4, 0.5) is 4.79 Å². The first-order valence-corrected chi connectivity index (χ1v) is 6.50. The third-order valence-electron chi connectivity index (χ3n) is 2.86. The third-order valence-corrected chi connectivity index (χ3v) is 3.21. The van der Waals surface area contributed by atoms with Gasteiger partial charge >= 0.3 is 16.4 Å². The van der Waals surface area contributed by atoms with Gasteiger partial charge in [0.25, 0.3) is 0 Å². The van der Waals surface area contributed by atoms with Crippen molar-refractivity contribution in [2.45, 2.75) is 12.1 Å². The number of primary amides is 1. The summed E-state index contributed by atoms with van der Waals surface area (Å²) in [4.78, 5) is 24.2. The molecule has 10 nitrogen and oxygen atoms in total. The Morgan fingerprint density at radius 3 is 2.68 bits per heavy atom. The number of fused-ring (bicyclic) bond motifs is 2. The SMILES string of the molecule is NC(=O)C1=C[C@@H](CO)N2C[C@H]1N(OS(=O)(=O)O)C2=O. The summed E-state index contributed by atoms with van der Waals surface area (Å²) in [5, 5.41) is 9.48. The maximum absolute atomic E-state index is 11.9. The van der Waals surface area contributed by atoms with Crippen LogP contribution in [-0.2, 0) is 19.5 Å². The van der Waals surface area contributed by atoms with Crippen LogP contribution in [0, 0.1) is 0 Å². The number of urea groups is 1. The van der Waals surface area contributed by atoms with Crippen molar-refractivity contribution in [1.29, 1.82) is 0 Å². The minimum Gasteiger partial charge on any atom is -0.394 e. The molecule has 1 saturated heterocycles. The molecule has 0 aromatic rings. The monoisotopic (exact) mass is 293 g/mol. The second kappa shape index (κ2) is 4.45. The van der Waals surface area contributed by atoms with Crippen LogP contribution < -0.4 is 5.73 Å². The topological polar surface area (TPSA) is 150 Å². The van der Waals surface area contributed by atoms with E-state index in [4.69, 9.17) is 15.4 Å². The van der Waals surface area contributed by atoms with Crippen molar-refractivity contribution in [3.05, 3.63) is 11.6 Å². The molecule has 0 aromatic heterocycles. The molecule has 0 radical (unpaired) electrons. The van der Waals surface area contributed by atoms with Crippen LogP contribution in [0.1, 0.15) is 0 Å². The highest BCUT2D eigenvalue weighted by Crippen LogP contribution is 2.30. The molecule has 2 heterocycles. The van der Waals surface area contributed by atoms with E-state index < -0.39 is 41.0 Å². The summed E-state index contributed by atoms with van der Waals surface area (Å²) in [5.41, 5.74) is 5.06. The largest absolute Gasteiger partial charge is 0.418 e. The minimum absolute atomic E-state index is 0.0650. The molecule has 2 aliphatic rings. The average Bonchev–Trinajstić information content (AvgIpc) is 2.54. The maximum Gasteiger partial charge on any atom is 0.418 e. The summed E-state index contributed by atoms with van der Waals surface area (Å²) in [6, 6.07) is -2.75. The standard InChI is InChI=1S/C8H11N3O7S/c9-7(13)5-1-4(3-12)10-2-6(5)11(8(10)14)18-19(15,16)17/h1,4,6,12H,2-3H2,(H2,9,13)(H,15,16,17)/t4-,6+/m0/s1. The molecule has 19 heavy (non-hydrogen) atoms. The Bertz CT molecular complexity index is 557. The van der Waals surface area contributed by atoms with E-state index in [1.807, 2.05) is 0 Å². The second-order valence-corrected chi connectivity index (χ2v) is 5.02. The van der Waals surface area contributed by atoms with E-state index in [-0.39, 0.29) is 12.1 Å². The van der Waals surface area contributed by atoms with Crippen LogP contribution in [0.15, 0.2) is 11.6 Å². The molecule has 0 saturated carbocycles.